The number of ether oxygens (including phenoxy) is 2. The molecule has 0 aromatic carbocycles. The lowest BCUT2D eigenvalue weighted by Gasteiger charge is -2.29. The van der Waals surface area contributed by atoms with Gasteiger partial charge >= 0.3 is 5.69 Å². The van der Waals surface area contributed by atoms with E-state index in [2.05, 4.69) is 9.97 Å². The van der Waals surface area contributed by atoms with Gasteiger partial charge < -0.3 is 19.3 Å². The maximum Gasteiger partial charge on any atom is 0.353 e. The van der Waals surface area contributed by atoms with Gasteiger partial charge in [-0.1, -0.05) is 6.92 Å². The van der Waals surface area contributed by atoms with Crippen molar-refractivity contribution in [3.8, 4) is 0 Å². The fourth-order valence-corrected chi connectivity index (χ4v) is 2.56. The summed E-state index contributed by atoms with van der Waals surface area (Å²) in [5.74, 6) is 0.715. The molecule has 0 saturated carbocycles. The second-order valence-corrected chi connectivity index (χ2v) is 5.21. The molecule has 0 spiro atoms. The fourth-order valence-electron chi connectivity index (χ4n) is 2.56. The van der Waals surface area contributed by atoms with Crippen LogP contribution in [0.2, 0.25) is 0 Å². The average molecular weight is 325 g/mol. The largest absolute Gasteiger partial charge is 0.383 e. The Morgan fingerprint density at radius 2 is 2.13 bits per heavy atom. The molecule has 2 heterocycles. The third-order valence-corrected chi connectivity index (χ3v) is 3.64. The van der Waals surface area contributed by atoms with Crippen LogP contribution in [0.15, 0.2) is 6.33 Å². The first kappa shape index (κ1) is 17.4. The lowest BCUT2D eigenvalue weighted by atomic mass is 10.3. The molecule has 0 aliphatic carbocycles. The lowest BCUT2D eigenvalue weighted by molar-refractivity contribution is -0.383. The topological polar surface area (TPSA) is 93.9 Å². The lowest BCUT2D eigenvalue weighted by Crippen LogP contribution is -2.38. The molecule has 9 heteroatoms. The first-order valence-corrected chi connectivity index (χ1v) is 7.75. The number of nitro groups is 1. The van der Waals surface area contributed by atoms with E-state index in [0.717, 1.165) is 6.42 Å². The molecule has 0 N–H and O–H groups in total. The first-order chi connectivity index (χ1) is 11.2. The third kappa shape index (κ3) is 4.26. The van der Waals surface area contributed by atoms with Crippen molar-refractivity contribution < 1.29 is 14.4 Å². The van der Waals surface area contributed by atoms with E-state index in [0.29, 0.717) is 57.6 Å². The molecule has 1 aromatic heterocycles. The van der Waals surface area contributed by atoms with E-state index in [1.54, 1.807) is 7.11 Å². The monoisotopic (exact) mass is 325 g/mol. The molecule has 0 bridgehead atoms. The molecule has 1 fully saturated rings. The Balaban J connectivity index is 2.38. The Labute approximate surface area is 135 Å². The quantitative estimate of drug-likeness (QED) is 0.518. The van der Waals surface area contributed by atoms with Gasteiger partial charge in [-0.15, -0.1) is 0 Å². The van der Waals surface area contributed by atoms with Gasteiger partial charge in [0.2, 0.25) is 11.6 Å². The molecule has 0 unspecified atom stereocenters. The number of morpholine rings is 1. The maximum absolute atomic E-state index is 11.7. The summed E-state index contributed by atoms with van der Waals surface area (Å²) < 4.78 is 10.4. The molecule has 1 saturated heterocycles. The number of nitrogens with zero attached hydrogens (tertiary/aromatic N) is 5. The van der Waals surface area contributed by atoms with Gasteiger partial charge in [0.25, 0.3) is 0 Å². The zero-order valence-electron chi connectivity index (χ0n) is 13.6. The minimum absolute atomic E-state index is 0.0426. The van der Waals surface area contributed by atoms with Crippen LogP contribution in [0.4, 0.5) is 17.3 Å². The van der Waals surface area contributed by atoms with Crippen molar-refractivity contribution in [3.63, 3.8) is 0 Å². The summed E-state index contributed by atoms with van der Waals surface area (Å²) in [5, 5.41) is 11.7. The average Bonchev–Trinajstić information content (AvgIpc) is 2.58. The van der Waals surface area contributed by atoms with Gasteiger partial charge in [0.05, 0.1) is 24.7 Å². The molecule has 1 aromatic rings. The van der Waals surface area contributed by atoms with Gasteiger partial charge in [-0.05, 0) is 6.42 Å². The van der Waals surface area contributed by atoms with Crippen LogP contribution in [-0.2, 0) is 9.47 Å². The van der Waals surface area contributed by atoms with E-state index in [-0.39, 0.29) is 5.69 Å². The Morgan fingerprint density at radius 1 is 1.39 bits per heavy atom. The molecule has 0 amide bonds. The Kier molecular flexibility index (Phi) is 6.48. The van der Waals surface area contributed by atoms with Gasteiger partial charge in [0.15, 0.2) is 0 Å². The number of aromatic nitrogens is 2. The summed E-state index contributed by atoms with van der Waals surface area (Å²) in [6.45, 7) is 5.97. The summed E-state index contributed by atoms with van der Waals surface area (Å²) in [6, 6.07) is 0. The predicted octanol–water partition coefficient (Wildman–Crippen LogP) is 1.08. The number of hydrogen-bond acceptors (Lipinski definition) is 8. The van der Waals surface area contributed by atoms with Crippen molar-refractivity contribution in [2.75, 3.05) is 62.9 Å². The molecule has 128 valence electrons. The Hall–Kier alpha value is -2.00. The SMILES string of the molecule is CCCN(CCOC)c1ncnc(N2CCOCC2)c1[N+](=O)[O-]. The summed E-state index contributed by atoms with van der Waals surface area (Å²) in [4.78, 5) is 23.4. The number of anilines is 2. The van der Waals surface area contributed by atoms with Crippen molar-refractivity contribution >= 4 is 17.3 Å². The van der Waals surface area contributed by atoms with E-state index in [9.17, 15) is 10.1 Å². The molecule has 0 atom stereocenters. The van der Waals surface area contributed by atoms with Crippen molar-refractivity contribution in [1.82, 2.24) is 9.97 Å². The van der Waals surface area contributed by atoms with Gasteiger partial charge in [0, 0.05) is 33.3 Å². The minimum Gasteiger partial charge on any atom is -0.383 e. The molecule has 0 radical (unpaired) electrons. The van der Waals surface area contributed by atoms with E-state index in [1.165, 1.54) is 6.33 Å². The predicted molar refractivity (Wildman–Crippen MR) is 86.1 cm³/mol. The number of methoxy groups -OCH3 is 1. The highest BCUT2D eigenvalue weighted by Crippen LogP contribution is 2.34. The summed E-state index contributed by atoms with van der Waals surface area (Å²) in [6.07, 6.45) is 2.25. The molecule has 1 aliphatic heterocycles. The third-order valence-electron chi connectivity index (χ3n) is 3.64. The molecular weight excluding hydrogens is 302 g/mol. The van der Waals surface area contributed by atoms with Crippen LogP contribution >= 0.6 is 0 Å². The van der Waals surface area contributed by atoms with Crippen molar-refractivity contribution in [3.05, 3.63) is 16.4 Å². The fraction of sp³-hybridized carbons (Fsp3) is 0.714. The van der Waals surface area contributed by atoms with E-state index in [4.69, 9.17) is 9.47 Å². The van der Waals surface area contributed by atoms with Gasteiger partial charge in [-0.2, -0.15) is 0 Å². The van der Waals surface area contributed by atoms with E-state index >= 15 is 0 Å². The molecule has 1 aliphatic rings. The Morgan fingerprint density at radius 3 is 2.74 bits per heavy atom. The highest BCUT2D eigenvalue weighted by Gasteiger charge is 2.30. The maximum atomic E-state index is 11.7. The Bertz CT molecular complexity index is 522. The second kappa shape index (κ2) is 8.59. The van der Waals surface area contributed by atoms with Crippen LogP contribution in [-0.4, -0.2) is 68.0 Å². The molecule has 2 rings (SSSR count). The summed E-state index contributed by atoms with van der Waals surface area (Å²) >= 11 is 0. The highest BCUT2D eigenvalue weighted by atomic mass is 16.6. The van der Waals surface area contributed by atoms with Crippen LogP contribution in [0.25, 0.3) is 0 Å². The van der Waals surface area contributed by atoms with Crippen molar-refractivity contribution in [2.45, 2.75) is 13.3 Å². The number of rotatable bonds is 8. The highest BCUT2D eigenvalue weighted by molar-refractivity contribution is 5.71. The van der Waals surface area contributed by atoms with E-state index < -0.39 is 4.92 Å². The second-order valence-electron chi connectivity index (χ2n) is 5.21. The van der Waals surface area contributed by atoms with Gasteiger partial charge in [-0.25, -0.2) is 9.97 Å². The van der Waals surface area contributed by atoms with Crippen LogP contribution in [0.1, 0.15) is 13.3 Å². The smallest absolute Gasteiger partial charge is 0.353 e. The van der Waals surface area contributed by atoms with Crippen molar-refractivity contribution in [2.24, 2.45) is 0 Å². The van der Waals surface area contributed by atoms with Crippen LogP contribution in [0, 0.1) is 10.1 Å². The standard InChI is InChI=1S/C14H23N5O4/c1-3-4-17(5-8-22-2)13-12(19(20)21)14(16-11-15-13)18-6-9-23-10-7-18/h11H,3-10H2,1-2H3. The number of hydrogen-bond donors (Lipinski definition) is 0. The molecular formula is C14H23N5O4. The molecule has 9 nitrogen and oxygen atoms in total. The normalized spacial score (nSPS) is 14.8. The van der Waals surface area contributed by atoms with Crippen LogP contribution < -0.4 is 9.80 Å². The van der Waals surface area contributed by atoms with Gasteiger partial charge in [0.1, 0.15) is 6.33 Å². The zero-order valence-corrected chi connectivity index (χ0v) is 13.6. The molecule has 23 heavy (non-hydrogen) atoms. The van der Waals surface area contributed by atoms with E-state index in [1.807, 2.05) is 16.7 Å². The van der Waals surface area contributed by atoms with Crippen LogP contribution in [0.3, 0.4) is 0 Å². The zero-order chi connectivity index (χ0) is 16.7. The minimum atomic E-state index is -0.393. The first-order valence-electron chi connectivity index (χ1n) is 7.75. The summed E-state index contributed by atoms with van der Waals surface area (Å²) in [5.41, 5.74) is -0.0426. The summed E-state index contributed by atoms with van der Waals surface area (Å²) in [7, 11) is 1.61. The van der Waals surface area contributed by atoms with Gasteiger partial charge in [-0.3, -0.25) is 10.1 Å². The van der Waals surface area contributed by atoms with Crippen LogP contribution in [0.5, 0.6) is 0 Å². The van der Waals surface area contributed by atoms with Crippen molar-refractivity contribution in [1.29, 1.82) is 0 Å².